The fourth-order valence-corrected chi connectivity index (χ4v) is 3.55. The maximum absolute atomic E-state index is 11.1. The van der Waals surface area contributed by atoms with Crippen molar-refractivity contribution in [3.8, 4) is 0 Å². The van der Waals surface area contributed by atoms with Crippen LogP contribution in [0, 0.1) is 0 Å². The third-order valence-corrected chi connectivity index (χ3v) is 5.00. The second kappa shape index (κ2) is 8.53. The first-order chi connectivity index (χ1) is 14.6. The van der Waals surface area contributed by atoms with Gasteiger partial charge in [-0.05, 0) is 58.3 Å². The zero-order chi connectivity index (χ0) is 20.9. The minimum absolute atomic E-state index is 0.463. The molecule has 0 fully saturated rings. The number of para-hydroxylation sites is 2. The van der Waals surface area contributed by atoms with Gasteiger partial charge in [0.05, 0.1) is 11.4 Å². The van der Waals surface area contributed by atoms with Crippen molar-refractivity contribution in [1.82, 2.24) is 0 Å². The zero-order valence-corrected chi connectivity index (χ0v) is 16.5. The Morgan fingerprint density at radius 2 is 1.60 bits per heavy atom. The maximum Gasteiger partial charge on any atom is 0.241 e. The van der Waals surface area contributed by atoms with Crippen LogP contribution in [0.4, 0.5) is 17.1 Å². The SMILES string of the molecule is NC(=O)/C=C/c1cccc(CN(c2ccc3ccccc3c2)c2ccccc2N)c1. The first-order valence-electron chi connectivity index (χ1n) is 9.77. The van der Waals surface area contributed by atoms with Gasteiger partial charge in [0.25, 0.3) is 0 Å². The lowest BCUT2D eigenvalue weighted by Gasteiger charge is -2.27. The van der Waals surface area contributed by atoms with Crippen molar-refractivity contribution in [3.63, 3.8) is 0 Å². The van der Waals surface area contributed by atoms with E-state index in [-0.39, 0.29) is 0 Å². The minimum atomic E-state index is -0.463. The lowest BCUT2D eigenvalue weighted by Crippen LogP contribution is -2.18. The molecule has 148 valence electrons. The third kappa shape index (κ3) is 4.33. The normalized spacial score (nSPS) is 11.1. The Kier molecular flexibility index (Phi) is 5.48. The van der Waals surface area contributed by atoms with Crippen LogP contribution in [0.3, 0.4) is 0 Å². The first-order valence-corrected chi connectivity index (χ1v) is 9.77. The van der Waals surface area contributed by atoms with Crippen molar-refractivity contribution in [1.29, 1.82) is 0 Å². The summed E-state index contributed by atoms with van der Waals surface area (Å²) in [5.74, 6) is -0.463. The number of anilines is 3. The topological polar surface area (TPSA) is 72.4 Å². The van der Waals surface area contributed by atoms with Gasteiger partial charge in [0.15, 0.2) is 0 Å². The van der Waals surface area contributed by atoms with Crippen LogP contribution >= 0.6 is 0 Å². The van der Waals surface area contributed by atoms with Crippen molar-refractivity contribution in [2.75, 3.05) is 10.6 Å². The summed E-state index contributed by atoms with van der Waals surface area (Å²) in [6, 6.07) is 30.6. The number of benzene rings is 4. The molecule has 0 aliphatic rings. The van der Waals surface area contributed by atoms with E-state index in [0.29, 0.717) is 6.54 Å². The second-order valence-corrected chi connectivity index (χ2v) is 7.16. The predicted molar refractivity (Wildman–Crippen MR) is 125 cm³/mol. The van der Waals surface area contributed by atoms with E-state index in [1.807, 2.05) is 54.6 Å². The van der Waals surface area contributed by atoms with Gasteiger partial charge >= 0.3 is 0 Å². The van der Waals surface area contributed by atoms with Crippen molar-refractivity contribution in [3.05, 3.63) is 108 Å². The molecule has 0 heterocycles. The van der Waals surface area contributed by atoms with Gasteiger partial charge in [-0.25, -0.2) is 0 Å². The molecule has 4 N–H and O–H groups in total. The highest BCUT2D eigenvalue weighted by Crippen LogP contribution is 2.33. The van der Waals surface area contributed by atoms with Crippen molar-refractivity contribution < 1.29 is 4.79 Å². The van der Waals surface area contributed by atoms with Gasteiger partial charge in [-0.3, -0.25) is 4.79 Å². The van der Waals surface area contributed by atoms with Gasteiger partial charge in [-0.1, -0.05) is 60.7 Å². The van der Waals surface area contributed by atoms with E-state index < -0.39 is 5.91 Å². The Morgan fingerprint density at radius 1 is 0.833 bits per heavy atom. The molecule has 0 radical (unpaired) electrons. The van der Waals surface area contributed by atoms with Gasteiger partial charge < -0.3 is 16.4 Å². The molecule has 4 nitrogen and oxygen atoms in total. The minimum Gasteiger partial charge on any atom is -0.397 e. The molecule has 0 aromatic heterocycles. The highest BCUT2D eigenvalue weighted by Gasteiger charge is 2.13. The Morgan fingerprint density at radius 3 is 2.40 bits per heavy atom. The number of hydrogen-bond acceptors (Lipinski definition) is 3. The number of amides is 1. The molecule has 0 bridgehead atoms. The van der Waals surface area contributed by atoms with Crippen LogP contribution in [-0.2, 0) is 11.3 Å². The smallest absolute Gasteiger partial charge is 0.241 e. The molecule has 0 spiro atoms. The summed E-state index contributed by atoms with van der Waals surface area (Å²) in [6.07, 6.45) is 3.10. The number of hydrogen-bond donors (Lipinski definition) is 2. The van der Waals surface area contributed by atoms with Gasteiger partial charge in [0.1, 0.15) is 0 Å². The number of rotatable bonds is 6. The molecule has 0 aliphatic carbocycles. The van der Waals surface area contributed by atoms with E-state index in [1.54, 1.807) is 6.08 Å². The van der Waals surface area contributed by atoms with Crippen LogP contribution in [0.15, 0.2) is 97.1 Å². The molecule has 0 saturated carbocycles. The highest BCUT2D eigenvalue weighted by atomic mass is 16.1. The third-order valence-electron chi connectivity index (χ3n) is 5.00. The van der Waals surface area contributed by atoms with E-state index in [2.05, 4.69) is 41.3 Å². The van der Waals surface area contributed by atoms with Crippen molar-refractivity contribution in [2.24, 2.45) is 5.73 Å². The summed E-state index contributed by atoms with van der Waals surface area (Å²) in [6.45, 7) is 0.630. The number of fused-ring (bicyclic) bond motifs is 1. The number of nitrogens with zero attached hydrogens (tertiary/aromatic N) is 1. The number of carbonyl (C=O) groups is 1. The zero-order valence-electron chi connectivity index (χ0n) is 16.5. The van der Waals surface area contributed by atoms with E-state index >= 15 is 0 Å². The second-order valence-electron chi connectivity index (χ2n) is 7.16. The van der Waals surface area contributed by atoms with Gasteiger partial charge in [0.2, 0.25) is 5.91 Å². The predicted octanol–water partition coefficient (Wildman–Crippen LogP) is 5.26. The Labute approximate surface area is 176 Å². The first kappa shape index (κ1) is 19.3. The standard InChI is InChI=1S/C26H23N3O/c27-24-10-3-4-11-25(24)29(23-14-13-21-8-1-2-9-22(21)17-23)18-20-7-5-6-19(16-20)12-15-26(28)30/h1-17H,18,27H2,(H2,28,30)/b15-12+. The van der Waals surface area contributed by atoms with Crippen molar-refractivity contribution in [2.45, 2.75) is 6.54 Å². The number of nitrogens with two attached hydrogens (primary N) is 2. The van der Waals surface area contributed by atoms with Crippen LogP contribution in [-0.4, -0.2) is 5.91 Å². The van der Waals surface area contributed by atoms with E-state index in [4.69, 9.17) is 11.5 Å². The molecular formula is C26H23N3O. The molecule has 0 unspecified atom stereocenters. The summed E-state index contributed by atoms with van der Waals surface area (Å²) < 4.78 is 0. The summed E-state index contributed by atoms with van der Waals surface area (Å²) in [4.78, 5) is 13.3. The summed E-state index contributed by atoms with van der Waals surface area (Å²) >= 11 is 0. The lowest BCUT2D eigenvalue weighted by atomic mass is 10.1. The number of primary amides is 1. The van der Waals surface area contributed by atoms with Crippen molar-refractivity contribution >= 4 is 39.8 Å². The average molecular weight is 393 g/mol. The van der Waals surface area contributed by atoms with Crippen LogP contribution in [0.1, 0.15) is 11.1 Å². The molecule has 4 aromatic rings. The molecule has 0 aliphatic heterocycles. The molecule has 30 heavy (non-hydrogen) atoms. The molecule has 0 saturated heterocycles. The number of carbonyl (C=O) groups excluding carboxylic acids is 1. The average Bonchev–Trinajstić information content (AvgIpc) is 2.77. The summed E-state index contributed by atoms with van der Waals surface area (Å²) in [5, 5.41) is 2.37. The monoisotopic (exact) mass is 393 g/mol. The van der Waals surface area contributed by atoms with Gasteiger partial charge in [-0.15, -0.1) is 0 Å². The van der Waals surface area contributed by atoms with Gasteiger partial charge in [-0.2, -0.15) is 0 Å². The molecule has 0 atom stereocenters. The summed E-state index contributed by atoms with van der Waals surface area (Å²) in [5.41, 5.74) is 16.3. The summed E-state index contributed by atoms with van der Waals surface area (Å²) in [7, 11) is 0. The molecule has 4 rings (SSSR count). The maximum atomic E-state index is 11.1. The molecular weight excluding hydrogens is 370 g/mol. The number of nitrogen functional groups attached to an aromatic ring is 1. The van der Waals surface area contributed by atoms with Crippen LogP contribution in [0.5, 0.6) is 0 Å². The molecule has 4 heteroatoms. The highest BCUT2D eigenvalue weighted by molar-refractivity contribution is 5.90. The van der Waals surface area contributed by atoms with Crippen LogP contribution in [0.25, 0.3) is 16.8 Å². The quantitative estimate of drug-likeness (QED) is 0.347. The van der Waals surface area contributed by atoms with Gasteiger partial charge in [0, 0.05) is 18.3 Å². The lowest BCUT2D eigenvalue weighted by molar-refractivity contribution is -0.113. The fraction of sp³-hybridized carbons (Fsp3) is 0.0385. The Hall–Kier alpha value is -4.05. The Balaban J connectivity index is 1.75. The van der Waals surface area contributed by atoms with Crippen LogP contribution in [0.2, 0.25) is 0 Å². The fourth-order valence-electron chi connectivity index (χ4n) is 3.55. The largest absolute Gasteiger partial charge is 0.397 e. The van der Waals surface area contributed by atoms with E-state index in [0.717, 1.165) is 28.2 Å². The molecule has 1 amide bonds. The van der Waals surface area contributed by atoms with E-state index in [9.17, 15) is 4.79 Å². The Bertz CT molecular complexity index is 1230. The van der Waals surface area contributed by atoms with E-state index in [1.165, 1.54) is 16.8 Å². The van der Waals surface area contributed by atoms with Crippen LogP contribution < -0.4 is 16.4 Å². The molecule has 4 aromatic carbocycles.